The summed E-state index contributed by atoms with van der Waals surface area (Å²) in [5.74, 6) is -0.427. The third-order valence-corrected chi connectivity index (χ3v) is 8.70. The number of methoxy groups -OCH3 is 2. The number of hydrogen-bond acceptors (Lipinski definition) is 7. The molecular weight excluding hydrogens is 464 g/mol. The van der Waals surface area contributed by atoms with Gasteiger partial charge in [0.1, 0.15) is 0 Å². The summed E-state index contributed by atoms with van der Waals surface area (Å²) in [4.78, 5) is 2.39. The van der Waals surface area contributed by atoms with Gasteiger partial charge in [-0.25, -0.2) is 21.6 Å². The van der Waals surface area contributed by atoms with Crippen LogP contribution >= 0.6 is 0 Å². The summed E-state index contributed by atoms with van der Waals surface area (Å²) in [5.41, 5.74) is -0.147. The third-order valence-electron chi connectivity index (χ3n) is 6.50. The Bertz CT molecular complexity index is 1110. The number of rotatable bonds is 9. The molecule has 1 N–H and O–H groups in total. The van der Waals surface area contributed by atoms with Crippen molar-refractivity contribution in [2.45, 2.75) is 36.2 Å². The van der Waals surface area contributed by atoms with E-state index < -0.39 is 37.4 Å². The van der Waals surface area contributed by atoms with Crippen molar-refractivity contribution in [2.24, 2.45) is 5.41 Å². The second kappa shape index (κ2) is 9.97. The van der Waals surface area contributed by atoms with Gasteiger partial charge in [-0.15, -0.1) is 0 Å². The first-order valence-electron chi connectivity index (χ1n) is 10.9. The van der Waals surface area contributed by atoms with E-state index in [2.05, 4.69) is 16.5 Å². The van der Waals surface area contributed by atoms with Gasteiger partial charge >= 0.3 is 0 Å². The molecule has 1 aliphatic carbocycles. The molecule has 0 bridgehead atoms. The quantitative estimate of drug-likeness (QED) is 0.556. The molecule has 1 fully saturated rings. The van der Waals surface area contributed by atoms with Gasteiger partial charge in [-0.3, -0.25) is 4.90 Å². The highest BCUT2D eigenvalue weighted by atomic mass is 32.2. The zero-order valence-electron chi connectivity index (χ0n) is 19.7. The molecule has 2 aliphatic rings. The predicted octanol–water partition coefficient (Wildman–Crippen LogP) is 2.05. The fraction of sp³-hybridized carbons (Fsp3) is 0.565. The normalized spacial score (nSPS) is 25.9. The minimum Gasteiger partial charge on any atom is -0.384 e. The van der Waals surface area contributed by atoms with Crippen molar-refractivity contribution in [2.75, 3.05) is 46.1 Å². The van der Waals surface area contributed by atoms with E-state index in [0.29, 0.717) is 25.3 Å². The lowest BCUT2D eigenvalue weighted by molar-refractivity contribution is -0.00294. The van der Waals surface area contributed by atoms with Crippen LogP contribution in [0.3, 0.4) is 0 Å². The number of likely N-dealkylation sites (tertiary alicyclic amines) is 1. The van der Waals surface area contributed by atoms with E-state index in [-0.39, 0.29) is 10.3 Å². The number of nitrogens with zero attached hydrogens (tertiary/aromatic N) is 1. The number of ether oxygens (including phenoxy) is 2. The molecule has 0 amide bonds. The molecule has 0 saturated carbocycles. The fourth-order valence-corrected chi connectivity index (χ4v) is 6.58. The van der Waals surface area contributed by atoms with Crippen LogP contribution in [0.2, 0.25) is 0 Å². The summed E-state index contributed by atoms with van der Waals surface area (Å²) in [5, 5.41) is 0. The highest BCUT2D eigenvalue weighted by molar-refractivity contribution is 7.91. The Balaban J connectivity index is 2.11. The van der Waals surface area contributed by atoms with Crippen LogP contribution in [0.25, 0.3) is 0 Å². The first kappa shape index (κ1) is 26.1. The highest BCUT2D eigenvalue weighted by Crippen LogP contribution is 2.42. The van der Waals surface area contributed by atoms with Gasteiger partial charge in [0.05, 0.1) is 29.3 Å². The van der Waals surface area contributed by atoms with E-state index in [4.69, 9.17) is 9.47 Å². The Labute approximate surface area is 197 Å². The molecule has 2 atom stereocenters. The number of hydrogen-bond donors (Lipinski definition) is 1. The average molecular weight is 499 g/mol. The number of allylic oxidation sites excluding steroid dienone is 2. The van der Waals surface area contributed by atoms with Gasteiger partial charge in [0, 0.05) is 14.2 Å². The maximum absolute atomic E-state index is 12.7. The van der Waals surface area contributed by atoms with Gasteiger partial charge in [-0.05, 0) is 49.0 Å². The second-order valence-corrected chi connectivity index (χ2v) is 12.9. The summed E-state index contributed by atoms with van der Waals surface area (Å²) in [7, 11) is -4.14. The Morgan fingerprint density at radius 3 is 2.39 bits per heavy atom. The van der Waals surface area contributed by atoms with Crippen molar-refractivity contribution in [3.8, 4) is 0 Å². The molecule has 1 saturated heterocycles. The molecule has 1 aromatic carbocycles. The minimum atomic E-state index is -3.65. The van der Waals surface area contributed by atoms with E-state index in [9.17, 15) is 16.8 Å². The second-order valence-electron chi connectivity index (χ2n) is 9.22. The van der Waals surface area contributed by atoms with Crippen molar-refractivity contribution in [1.29, 1.82) is 0 Å². The molecule has 1 aromatic rings. The molecule has 1 heterocycles. The van der Waals surface area contributed by atoms with Gasteiger partial charge in [0.15, 0.2) is 5.94 Å². The Morgan fingerprint density at radius 1 is 1.09 bits per heavy atom. The van der Waals surface area contributed by atoms with Crippen LogP contribution < -0.4 is 4.72 Å². The summed E-state index contributed by atoms with van der Waals surface area (Å²) >= 11 is 0. The van der Waals surface area contributed by atoms with Crippen LogP contribution in [0.5, 0.6) is 0 Å². The monoisotopic (exact) mass is 498 g/mol. The van der Waals surface area contributed by atoms with Crippen LogP contribution in [-0.2, 0) is 34.9 Å². The Hall–Kier alpha value is -1.56. The van der Waals surface area contributed by atoms with Crippen molar-refractivity contribution in [1.82, 2.24) is 9.62 Å². The predicted molar refractivity (Wildman–Crippen MR) is 128 cm³/mol. The molecule has 33 heavy (non-hydrogen) atoms. The van der Waals surface area contributed by atoms with Gasteiger partial charge in [0.2, 0.25) is 19.9 Å². The lowest BCUT2D eigenvalue weighted by Gasteiger charge is -2.52. The largest absolute Gasteiger partial charge is 0.384 e. The lowest BCUT2D eigenvalue weighted by Crippen LogP contribution is -2.61. The smallest absolute Gasteiger partial charge is 0.209 e. The van der Waals surface area contributed by atoms with Gasteiger partial charge in [-0.1, -0.05) is 43.4 Å². The SMILES string of the molecule is COCC1(C)CCN(C2(c3cccc(S(=O)(=O)COC)c3)C=CC=CC2NS(C)(=O)=O)CC1. The van der Waals surface area contributed by atoms with Crippen molar-refractivity contribution in [3.63, 3.8) is 0 Å². The number of benzene rings is 1. The highest BCUT2D eigenvalue weighted by Gasteiger charge is 2.47. The first-order chi connectivity index (χ1) is 15.5. The van der Waals surface area contributed by atoms with E-state index in [1.54, 1.807) is 25.3 Å². The van der Waals surface area contributed by atoms with Gasteiger partial charge in [-0.2, -0.15) is 0 Å². The van der Waals surface area contributed by atoms with Crippen molar-refractivity contribution >= 4 is 19.9 Å². The van der Waals surface area contributed by atoms with Gasteiger partial charge < -0.3 is 9.47 Å². The Morgan fingerprint density at radius 2 is 1.79 bits per heavy atom. The van der Waals surface area contributed by atoms with Crippen LogP contribution in [0.1, 0.15) is 25.3 Å². The molecule has 3 rings (SSSR count). The molecule has 0 radical (unpaired) electrons. The summed E-state index contributed by atoms with van der Waals surface area (Å²) in [6.45, 7) is 4.25. The van der Waals surface area contributed by atoms with Gasteiger partial charge in [0.25, 0.3) is 0 Å². The molecule has 2 unspecified atom stereocenters. The molecule has 10 heteroatoms. The molecule has 1 aliphatic heterocycles. The van der Waals surface area contributed by atoms with Crippen LogP contribution in [0, 0.1) is 5.41 Å². The summed E-state index contributed by atoms with van der Waals surface area (Å²) in [6.07, 6.45) is 10.4. The lowest BCUT2D eigenvalue weighted by atomic mass is 9.74. The molecule has 0 aromatic heterocycles. The zero-order valence-corrected chi connectivity index (χ0v) is 21.3. The number of sulfonamides is 1. The van der Waals surface area contributed by atoms with E-state index in [1.807, 2.05) is 30.4 Å². The number of sulfone groups is 1. The number of piperidine rings is 1. The van der Waals surface area contributed by atoms with Crippen LogP contribution in [0.4, 0.5) is 0 Å². The Kier molecular flexibility index (Phi) is 7.87. The zero-order chi connectivity index (χ0) is 24.3. The van der Waals surface area contributed by atoms with E-state index in [0.717, 1.165) is 19.1 Å². The fourth-order valence-electron chi connectivity index (χ4n) is 4.82. The maximum Gasteiger partial charge on any atom is 0.209 e. The molecule has 184 valence electrons. The summed E-state index contributed by atoms with van der Waals surface area (Å²) in [6, 6.07) is 6.12. The van der Waals surface area contributed by atoms with Crippen molar-refractivity contribution < 1.29 is 26.3 Å². The molecule has 8 nitrogen and oxygen atoms in total. The van der Waals surface area contributed by atoms with Crippen LogP contribution in [-0.4, -0.2) is 73.9 Å². The molecule has 0 spiro atoms. The van der Waals surface area contributed by atoms with Crippen molar-refractivity contribution in [3.05, 3.63) is 54.1 Å². The maximum atomic E-state index is 12.7. The average Bonchev–Trinajstić information content (AvgIpc) is 2.74. The topological polar surface area (TPSA) is 102 Å². The third kappa shape index (κ3) is 5.75. The van der Waals surface area contributed by atoms with E-state index in [1.165, 1.54) is 7.11 Å². The first-order valence-corrected chi connectivity index (χ1v) is 14.4. The minimum absolute atomic E-state index is 0.0318. The summed E-state index contributed by atoms with van der Waals surface area (Å²) < 4.78 is 63.1. The molecular formula is C23H34N2O6S2. The number of nitrogens with one attached hydrogen (secondary N) is 1. The van der Waals surface area contributed by atoms with E-state index >= 15 is 0 Å². The standard InChI is InChI=1S/C23H34N2O6S2/c1-22(17-30-2)12-14-25(15-13-22)23(11-6-5-10-21(23)24-32(4,26)27)19-8-7-9-20(16-19)33(28,29)18-31-3/h5-11,16,21,24H,12-15,17-18H2,1-4H3. The van der Waals surface area contributed by atoms with Crippen LogP contribution in [0.15, 0.2) is 53.5 Å².